The van der Waals surface area contributed by atoms with Crippen molar-refractivity contribution in [2.24, 2.45) is 0 Å². The molecule has 96 valence electrons. The number of sulfonamides is 1. The van der Waals surface area contributed by atoms with Crippen molar-refractivity contribution in [3.8, 4) is 5.75 Å². The highest BCUT2D eigenvalue weighted by Crippen LogP contribution is 2.20. The average molecular weight is 265 g/mol. The zero-order valence-electron chi connectivity index (χ0n) is 9.35. The Hall–Kier alpha value is -1.37. The zero-order chi connectivity index (χ0) is 13.1. The quantitative estimate of drug-likeness (QED) is 0.889. The van der Waals surface area contributed by atoms with Gasteiger partial charge in [0.25, 0.3) is 0 Å². The van der Waals surface area contributed by atoms with Crippen LogP contribution >= 0.6 is 0 Å². The van der Waals surface area contributed by atoms with E-state index in [0.717, 1.165) is 0 Å². The molecule has 0 unspecified atom stereocenters. The molecule has 0 radical (unpaired) electrons. The molecule has 0 spiro atoms. The minimum Gasteiger partial charge on any atom is -0.435 e. The highest BCUT2D eigenvalue weighted by molar-refractivity contribution is 7.93. The lowest BCUT2D eigenvalue weighted by Crippen LogP contribution is -2.22. The fourth-order valence-electron chi connectivity index (χ4n) is 1.02. The predicted molar refractivity (Wildman–Crippen MR) is 60.8 cm³/mol. The van der Waals surface area contributed by atoms with Crippen molar-refractivity contribution in [3.05, 3.63) is 24.3 Å². The Morgan fingerprint density at radius 2 is 1.94 bits per heavy atom. The lowest BCUT2D eigenvalue weighted by molar-refractivity contribution is -0.0497. The minimum atomic E-state index is -3.49. The van der Waals surface area contributed by atoms with Crippen LogP contribution in [0, 0.1) is 0 Å². The second-order valence-electron chi connectivity index (χ2n) is 3.60. The van der Waals surface area contributed by atoms with Crippen LogP contribution in [-0.4, -0.2) is 20.3 Å². The zero-order valence-corrected chi connectivity index (χ0v) is 10.2. The molecule has 1 aromatic rings. The molecule has 0 amide bonds. The molecule has 0 saturated carbocycles. The number of ether oxygens (including phenoxy) is 1. The number of rotatable bonds is 5. The van der Waals surface area contributed by atoms with E-state index in [4.69, 9.17) is 0 Å². The Morgan fingerprint density at radius 3 is 2.47 bits per heavy atom. The second kappa shape index (κ2) is 5.31. The minimum absolute atomic E-state index is 0.0936. The van der Waals surface area contributed by atoms with Crippen molar-refractivity contribution >= 4 is 15.7 Å². The van der Waals surface area contributed by atoms with Crippen LogP contribution in [0.2, 0.25) is 0 Å². The topological polar surface area (TPSA) is 55.4 Å². The first-order valence-corrected chi connectivity index (χ1v) is 6.42. The predicted octanol–water partition coefficient (Wildman–Crippen LogP) is 2.44. The van der Waals surface area contributed by atoms with Gasteiger partial charge in [0.15, 0.2) is 0 Å². The standard InChI is InChI=1S/C10H13F2NO3S/c1-7(2)17(14,15)13-8-4-3-5-9(6-8)16-10(11)12/h3-7,10,13H,1-2H3. The Labute approximate surface area is 98.6 Å². The monoisotopic (exact) mass is 265 g/mol. The molecule has 0 fully saturated rings. The molecule has 1 N–H and O–H groups in total. The van der Waals surface area contributed by atoms with Gasteiger partial charge >= 0.3 is 6.61 Å². The first kappa shape index (κ1) is 13.7. The summed E-state index contributed by atoms with van der Waals surface area (Å²) >= 11 is 0. The van der Waals surface area contributed by atoms with Crippen LogP contribution in [0.4, 0.5) is 14.5 Å². The third kappa shape index (κ3) is 4.18. The summed E-state index contributed by atoms with van der Waals surface area (Å²) in [5, 5.41) is -0.609. The van der Waals surface area contributed by atoms with Gasteiger partial charge in [0.05, 0.1) is 10.9 Å². The number of halogens is 2. The smallest absolute Gasteiger partial charge is 0.387 e. The van der Waals surface area contributed by atoms with E-state index in [1.807, 2.05) is 0 Å². The number of anilines is 1. The molecule has 0 aliphatic rings. The Kier molecular flexibility index (Phi) is 4.28. The highest BCUT2D eigenvalue weighted by Gasteiger charge is 2.15. The molecule has 7 heteroatoms. The van der Waals surface area contributed by atoms with Gasteiger partial charge in [-0.15, -0.1) is 0 Å². The summed E-state index contributed by atoms with van der Waals surface area (Å²) in [6, 6.07) is 5.40. The van der Waals surface area contributed by atoms with E-state index in [9.17, 15) is 17.2 Å². The number of hydrogen-bond acceptors (Lipinski definition) is 3. The van der Waals surface area contributed by atoms with Crippen LogP contribution in [-0.2, 0) is 10.0 Å². The summed E-state index contributed by atoms with van der Waals surface area (Å²) in [4.78, 5) is 0. The van der Waals surface area contributed by atoms with Gasteiger partial charge in [-0.25, -0.2) is 8.42 Å². The van der Waals surface area contributed by atoms with Gasteiger partial charge in [-0.05, 0) is 26.0 Å². The van der Waals surface area contributed by atoms with E-state index in [1.54, 1.807) is 0 Å². The SMILES string of the molecule is CC(C)S(=O)(=O)Nc1cccc(OC(F)F)c1. The Balaban J connectivity index is 2.86. The van der Waals surface area contributed by atoms with Gasteiger partial charge in [-0.1, -0.05) is 6.07 Å². The van der Waals surface area contributed by atoms with E-state index in [-0.39, 0.29) is 11.4 Å². The number of hydrogen-bond donors (Lipinski definition) is 1. The van der Waals surface area contributed by atoms with Crippen LogP contribution in [0.3, 0.4) is 0 Å². The summed E-state index contributed by atoms with van der Waals surface area (Å²) < 4.78 is 53.4. The van der Waals surface area contributed by atoms with E-state index < -0.39 is 21.9 Å². The van der Waals surface area contributed by atoms with Gasteiger partial charge in [0.2, 0.25) is 10.0 Å². The molecular formula is C10H13F2NO3S. The summed E-state index contributed by atoms with van der Waals surface area (Å²) in [6.45, 7) is 0.0934. The van der Waals surface area contributed by atoms with E-state index >= 15 is 0 Å². The largest absolute Gasteiger partial charge is 0.435 e. The molecule has 17 heavy (non-hydrogen) atoms. The van der Waals surface area contributed by atoms with E-state index in [2.05, 4.69) is 9.46 Å². The van der Waals surface area contributed by atoms with Crippen LogP contribution in [0.1, 0.15) is 13.8 Å². The highest BCUT2D eigenvalue weighted by atomic mass is 32.2. The van der Waals surface area contributed by atoms with Crippen molar-refractivity contribution in [2.45, 2.75) is 25.7 Å². The van der Waals surface area contributed by atoms with Gasteiger partial charge in [0.1, 0.15) is 5.75 Å². The molecule has 0 heterocycles. The van der Waals surface area contributed by atoms with Crippen LogP contribution in [0.15, 0.2) is 24.3 Å². The van der Waals surface area contributed by atoms with Gasteiger partial charge < -0.3 is 4.74 Å². The van der Waals surface area contributed by atoms with Gasteiger partial charge in [-0.3, -0.25) is 4.72 Å². The Morgan fingerprint density at radius 1 is 1.29 bits per heavy atom. The normalized spacial score (nSPS) is 11.9. The fourth-order valence-corrected chi connectivity index (χ4v) is 1.71. The van der Waals surface area contributed by atoms with Crippen LogP contribution in [0.5, 0.6) is 5.75 Å². The lowest BCUT2D eigenvalue weighted by Gasteiger charge is -2.11. The molecule has 0 atom stereocenters. The first-order valence-electron chi connectivity index (χ1n) is 4.88. The third-order valence-corrected chi connectivity index (χ3v) is 3.70. The maximum Gasteiger partial charge on any atom is 0.387 e. The molecule has 1 rings (SSSR count). The van der Waals surface area contributed by atoms with Crippen molar-refractivity contribution in [2.75, 3.05) is 4.72 Å². The van der Waals surface area contributed by atoms with E-state index in [0.29, 0.717) is 0 Å². The van der Waals surface area contributed by atoms with Crippen molar-refractivity contribution in [3.63, 3.8) is 0 Å². The molecule has 0 aliphatic heterocycles. The van der Waals surface area contributed by atoms with Crippen molar-refractivity contribution in [1.82, 2.24) is 0 Å². The fraction of sp³-hybridized carbons (Fsp3) is 0.400. The maximum absolute atomic E-state index is 12.0. The number of alkyl halides is 2. The van der Waals surface area contributed by atoms with Gasteiger partial charge in [-0.2, -0.15) is 8.78 Å². The van der Waals surface area contributed by atoms with Crippen molar-refractivity contribution < 1.29 is 21.9 Å². The molecule has 1 aromatic carbocycles. The number of nitrogens with one attached hydrogen (secondary N) is 1. The van der Waals surface area contributed by atoms with Crippen LogP contribution in [0.25, 0.3) is 0 Å². The molecule has 0 aliphatic carbocycles. The van der Waals surface area contributed by atoms with Gasteiger partial charge in [0, 0.05) is 6.07 Å². The maximum atomic E-state index is 12.0. The molecular weight excluding hydrogens is 252 g/mol. The third-order valence-electron chi connectivity index (χ3n) is 1.94. The molecule has 0 bridgehead atoms. The second-order valence-corrected chi connectivity index (χ2v) is 5.84. The van der Waals surface area contributed by atoms with E-state index in [1.165, 1.54) is 38.1 Å². The Bertz CT molecular complexity index is 474. The number of benzene rings is 1. The first-order chi connectivity index (χ1) is 7.81. The average Bonchev–Trinajstić information content (AvgIpc) is 2.15. The van der Waals surface area contributed by atoms with Crippen molar-refractivity contribution in [1.29, 1.82) is 0 Å². The summed E-state index contributed by atoms with van der Waals surface area (Å²) in [5.41, 5.74) is 0.192. The summed E-state index contributed by atoms with van der Waals surface area (Å²) in [7, 11) is -3.49. The lowest BCUT2D eigenvalue weighted by atomic mass is 10.3. The molecule has 0 saturated heterocycles. The summed E-state index contributed by atoms with van der Waals surface area (Å²) in [5.74, 6) is -0.0936. The molecule has 4 nitrogen and oxygen atoms in total. The molecule has 0 aromatic heterocycles. The van der Waals surface area contributed by atoms with Crippen LogP contribution < -0.4 is 9.46 Å². The summed E-state index contributed by atoms with van der Waals surface area (Å²) in [6.07, 6.45) is 0.